The van der Waals surface area contributed by atoms with E-state index >= 15 is 0 Å². The first-order valence-corrected chi connectivity index (χ1v) is 11.4. The number of anilines is 2. The molecule has 31 heavy (non-hydrogen) atoms. The van der Waals surface area contributed by atoms with Crippen LogP contribution in [-0.4, -0.2) is 22.6 Å². The molecule has 1 heterocycles. The molecule has 0 bridgehead atoms. The van der Waals surface area contributed by atoms with E-state index < -0.39 is 0 Å². The fourth-order valence-electron chi connectivity index (χ4n) is 2.78. The first kappa shape index (κ1) is 20.8. The quantitative estimate of drug-likeness (QED) is 0.284. The van der Waals surface area contributed by atoms with Gasteiger partial charge < -0.3 is 10.6 Å². The molecule has 2 amide bonds. The Bertz CT molecular complexity index is 1190. The van der Waals surface area contributed by atoms with Gasteiger partial charge in [0, 0.05) is 16.7 Å². The monoisotopic (exact) mass is 445 g/mol. The van der Waals surface area contributed by atoms with Gasteiger partial charge in [-0.05, 0) is 48.0 Å². The second-order valence-corrected chi connectivity index (χ2v) is 8.66. The van der Waals surface area contributed by atoms with Crippen LogP contribution in [0, 0.1) is 0 Å². The van der Waals surface area contributed by atoms with Crippen molar-refractivity contribution in [1.29, 1.82) is 0 Å². The van der Waals surface area contributed by atoms with Crippen LogP contribution in [0.4, 0.5) is 10.8 Å². The molecule has 0 spiro atoms. The van der Waals surface area contributed by atoms with E-state index in [0.29, 0.717) is 10.8 Å². The zero-order chi connectivity index (χ0) is 21.5. The zero-order valence-electron chi connectivity index (χ0n) is 16.4. The van der Waals surface area contributed by atoms with Crippen LogP contribution in [-0.2, 0) is 9.59 Å². The molecule has 3 aromatic carbocycles. The van der Waals surface area contributed by atoms with E-state index in [2.05, 4.69) is 15.6 Å². The fraction of sp³-hybridized carbons (Fsp3) is 0.0417. The van der Waals surface area contributed by atoms with Crippen LogP contribution < -0.4 is 10.6 Å². The van der Waals surface area contributed by atoms with Gasteiger partial charge in [0.1, 0.15) is 0 Å². The van der Waals surface area contributed by atoms with Gasteiger partial charge in [0.25, 0.3) is 0 Å². The summed E-state index contributed by atoms with van der Waals surface area (Å²) in [4.78, 5) is 29.7. The van der Waals surface area contributed by atoms with Crippen molar-refractivity contribution in [3.05, 3.63) is 90.5 Å². The number of carbonyl (C=O) groups is 2. The molecule has 0 aliphatic carbocycles. The molecule has 0 atom stereocenters. The third-order valence-electron chi connectivity index (χ3n) is 4.26. The number of thioether (sulfide) groups is 1. The second-order valence-electron chi connectivity index (χ2n) is 6.58. The number of fused-ring (bicyclic) bond motifs is 1. The van der Waals surface area contributed by atoms with Crippen molar-refractivity contribution >= 4 is 62.0 Å². The molecule has 2 N–H and O–H groups in total. The van der Waals surface area contributed by atoms with Crippen LogP contribution in [0.1, 0.15) is 5.56 Å². The first-order valence-electron chi connectivity index (χ1n) is 9.58. The highest BCUT2D eigenvalue weighted by atomic mass is 32.2. The van der Waals surface area contributed by atoms with Crippen molar-refractivity contribution in [1.82, 2.24) is 4.98 Å². The molecular formula is C24H19N3O2S2. The Morgan fingerprint density at radius 3 is 2.42 bits per heavy atom. The number of rotatable bonds is 7. The lowest BCUT2D eigenvalue weighted by molar-refractivity contribution is -0.114. The molecule has 154 valence electrons. The minimum Gasteiger partial charge on any atom is -0.323 e. The first-order chi connectivity index (χ1) is 15.2. The molecule has 0 saturated heterocycles. The summed E-state index contributed by atoms with van der Waals surface area (Å²) in [5, 5.41) is 6.28. The second kappa shape index (κ2) is 10.1. The SMILES string of the molecule is O=C(/C=C/c1ccccc1)Nc1ccc(SCC(=O)Nc2nc3ccccc3s2)cc1. The number of amides is 2. The Morgan fingerprint density at radius 2 is 1.65 bits per heavy atom. The lowest BCUT2D eigenvalue weighted by Crippen LogP contribution is -2.13. The van der Waals surface area contributed by atoms with Gasteiger partial charge in [-0.1, -0.05) is 53.8 Å². The van der Waals surface area contributed by atoms with E-state index in [1.54, 1.807) is 6.08 Å². The number of para-hydroxylation sites is 1. The molecule has 5 nitrogen and oxygen atoms in total. The summed E-state index contributed by atoms with van der Waals surface area (Å²) in [6.07, 6.45) is 3.27. The van der Waals surface area contributed by atoms with Crippen molar-refractivity contribution in [2.75, 3.05) is 16.4 Å². The van der Waals surface area contributed by atoms with Gasteiger partial charge in [0.05, 0.1) is 16.0 Å². The Balaban J connectivity index is 1.25. The summed E-state index contributed by atoms with van der Waals surface area (Å²) in [5.41, 5.74) is 2.55. The van der Waals surface area contributed by atoms with Gasteiger partial charge in [0.2, 0.25) is 11.8 Å². The molecule has 4 aromatic rings. The van der Waals surface area contributed by atoms with Crippen molar-refractivity contribution in [2.24, 2.45) is 0 Å². The Hall–Kier alpha value is -3.42. The number of thiazole rings is 1. The molecule has 0 unspecified atom stereocenters. The van der Waals surface area contributed by atoms with Crippen molar-refractivity contribution < 1.29 is 9.59 Å². The highest BCUT2D eigenvalue weighted by Crippen LogP contribution is 2.26. The maximum Gasteiger partial charge on any atom is 0.248 e. The van der Waals surface area contributed by atoms with Crippen LogP contribution in [0.2, 0.25) is 0 Å². The average molecular weight is 446 g/mol. The van der Waals surface area contributed by atoms with Crippen LogP contribution in [0.3, 0.4) is 0 Å². The van der Waals surface area contributed by atoms with Gasteiger partial charge in [-0.2, -0.15) is 0 Å². The highest BCUT2D eigenvalue weighted by molar-refractivity contribution is 8.00. The Labute approximate surface area is 188 Å². The van der Waals surface area contributed by atoms with Crippen LogP contribution in [0.25, 0.3) is 16.3 Å². The fourth-order valence-corrected chi connectivity index (χ4v) is 4.36. The van der Waals surface area contributed by atoms with Crippen molar-refractivity contribution in [3.63, 3.8) is 0 Å². The lowest BCUT2D eigenvalue weighted by atomic mass is 10.2. The number of aromatic nitrogens is 1. The lowest BCUT2D eigenvalue weighted by Gasteiger charge is -2.05. The molecule has 0 aliphatic heterocycles. The summed E-state index contributed by atoms with van der Waals surface area (Å²) in [7, 11) is 0. The van der Waals surface area contributed by atoms with E-state index in [1.807, 2.05) is 78.9 Å². The number of nitrogens with zero attached hydrogens (tertiary/aromatic N) is 1. The van der Waals surface area contributed by atoms with E-state index in [4.69, 9.17) is 0 Å². The maximum absolute atomic E-state index is 12.2. The van der Waals surface area contributed by atoms with Crippen molar-refractivity contribution in [2.45, 2.75) is 4.90 Å². The predicted octanol–water partition coefficient (Wildman–Crippen LogP) is 5.68. The molecule has 0 fully saturated rings. The minimum atomic E-state index is -0.195. The Kier molecular flexibility index (Phi) is 6.76. The maximum atomic E-state index is 12.2. The third kappa shape index (κ3) is 6.04. The van der Waals surface area contributed by atoms with E-state index in [1.165, 1.54) is 29.2 Å². The smallest absolute Gasteiger partial charge is 0.248 e. The average Bonchev–Trinajstić information content (AvgIpc) is 3.20. The topological polar surface area (TPSA) is 71.1 Å². The number of carbonyl (C=O) groups excluding carboxylic acids is 2. The van der Waals surface area contributed by atoms with Crippen molar-refractivity contribution in [3.8, 4) is 0 Å². The van der Waals surface area contributed by atoms with Gasteiger partial charge in [-0.15, -0.1) is 11.8 Å². The number of hydrogen-bond donors (Lipinski definition) is 2. The van der Waals surface area contributed by atoms with Gasteiger partial charge in [-0.3, -0.25) is 9.59 Å². The molecular weight excluding hydrogens is 426 g/mol. The van der Waals surface area contributed by atoms with Crippen LogP contribution >= 0.6 is 23.1 Å². The standard InChI is InChI=1S/C24H19N3O2S2/c28-22(15-10-17-6-2-1-3-7-17)25-18-11-13-19(14-12-18)30-16-23(29)27-24-26-20-8-4-5-9-21(20)31-24/h1-15H,16H2,(H,25,28)(H,26,27,29)/b15-10+. The predicted molar refractivity (Wildman–Crippen MR) is 130 cm³/mol. The summed E-state index contributed by atoms with van der Waals surface area (Å²) >= 11 is 2.89. The number of nitrogens with one attached hydrogen (secondary N) is 2. The molecule has 4 rings (SSSR count). The summed E-state index contributed by atoms with van der Waals surface area (Å²) in [6.45, 7) is 0. The Morgan fingerprint density at radius 1 is 0.903 bits per heavy atom. The van der Waals surface area contributed by atoms with Gasteiger partial charge in [-0.25, -0.2) is 4.98 Å². The summed E-state index contributed by atoms with van der Waals surface area (Å²) in [6, 6.07) is 24.8. The third-order valence-corrected chi connectivity index (χ3v) is 6.22. The summed E-state index contributed by atoms with van der Waals surface area (Å²) < 4.78 is 1.04. The molecule has 0 radical (unpaired) electrons. The minimum absolute atomic E-state index is 0.104. The van der Waals surface area contributed by atoms with E-state index in [0.717, 1.165) is 20.7 Å². The van der Waals surface area contributed by atoms with E-state index in [9.17, 15) is 9.59 Å². The zero-order valence-corrected chi connectivity index (χ0v) is 18.1. The summed E-state index contributed by atoms with van der Waals surface area (Å²) in [5.74, 6) is -0.0199. The molecule has 7 heteroatoms. The highest BCUT2D eigenvalue weighted by Gasteiger charge is 2.08. The van der Waals surface area contributed by atoms with Crippen LogP contribution in [0.15, 0.2) is 89.8 Å². The van der Waals surface area contributed by atoms with E-state index in [-0.39, 0.29) is 17.6 Å². The normalized spacial score (nSPS) is 11.0. The largest absolute Gasteiger partial charge is 0.323 e. The van der Waals surface area contributed by atoms with Crippen LogP contribution in [0.5, 0.6) is 0 Å². The molecule has 1 aromatic heterocycles. The van der Waals surface area contributed by atoms with Gasteiger partial charge >= 0.3 is 0 Å². The molecule has 0 saturated carbocycles. The number of hydrogen-bond acceptors (Lipinski definition) is 5. The number of benzene rings is 3. The molecule has 0 aliphatic rings. The van der Waals surface area contributed by atoms with Gasteiger partial charge in [0.15, 0.2) is 5.13 Å².